The van der Waals surface area contributed by atoms with E-state index in [9.17, 15) is 4.79 Å². The first kappa shape index (κ1) is 11.6. The smallest absolute Gasteiger partial charge is 0.335 e. The molecule has 0 saturated carbocycles. The predicted octanol–water partition coefficient (Wildman–Crippen LogP) is -0.0519. The van der Waals surface area contributed by atoms with E-state index in [2.05, 4.69) is 0 Å². The molecule has 0 saturated heterocycles. The van der Waals surface area contributed by atoms with E-state index in [1.54, 1.807) is 12.1 Å². The van der Waals surface area contributed by atoms with Crippen LogP contribution in [0.1, 0.15) is 22.3 Å². The number of aromatic carboxylic acids is 1. The van der Waals surface area contributed by atoms with Gasteiger partial charge in [-0.2, -0.15) is 0 Å². The molecule has 0 spiro atoms. The molecule has 0 atom stereocenters. The number of benzene rings is 1. The molecule has 0 bridgehead atoms. The van der Waals surface area contributed by atoms with Gasteiger partial charge >= 0.3 is 5.97 Å². The molecule has 5 heteroatoms. The molecule has 1 aromatic rings. The Hall–Kier alpha value is -1.43. The Bertz CT molecular complexity index is 353. The number of hydrogen-bond donors (Lipinski definition) is 4. The fraction of sp³-hybridized carbons (Fsp3) is 0.300. The van der Waals surface area contributed by atoms with Crippen molar-refractivity contribution in [3.63, 3.8) is 0 Å². The van der Waals surface area contributed by atoms with E-state index in [4.69, 9.17) is 20.4 Å². The highest BCUT2D eigenvalue weighted by Crippen LogP contribution is 2.11. The van der Waals surface area contributed by atoms with Crippen LogP contribution in [0.4, 0.5) is 0 Å². The fourth-order valence-electron chi connectivity index (χ4n) is 1.17. The summed E-state index contributed by atoms with van der Waals surface area (Å²) in [5.74, 6) is -3.75. The Morgan fingerprint density at radius 2 is 1.93 bits per heavy atom. The second-order valence-electron chi connectivity index (χ2n) is 3.28. The lowest BCUT2D eigenvalue weighted by Crippen LogP contribution is -2.27. The van der Waals surface area contributed by atoms with Crippen molar-refractivity contribution in [1.29, 1.82) is 0 Å². The molecule has 15 heavy (non-hydrogen) atoms. The molecular weight excluding hydrogens is 200 g/mol. The van der Waals surface area contributed by atoms with Crippen molar-refractivity contribution in [1.82, 2.24) is 0 Å². The number of aryl methyl sites for hydroxylation is 1. The van der Waals surface area contributed by atoms with Gasteiger partial charge in [0.05, 0.1) is 5.56 Å². The van der Waals surface area contributed by atoms with Gasteiger partial charge in [0.2, 0.25) is 0 Å². The van der Waals surface area contributed by atoms with E-state index < -0.39 is 11.9 Å². The maximum atomic E-state index is 10.6. The first-order valence-corrected chi connectivity index (χ1v) is 4.38. The molecule has 5 nitrogen and oxygen atoms in total. The normalized spacial score (nSPS) is 11.4. The van der Waals surface area contributed by atoms with Crippen LogP contribution in [-0.4, -0.2) is 32.4 Å². The predicted molar refractivity (Wildman–Crippen MR) is 51.1 cm³/mol. The summed E-state index contributed by atoms with van der Waals surface area (Å²) in [6.45, 7) is 0. The summed E-state index contributed by atoms with van der Waals surface area (Å²) >= 11 is 0. The SMILES string of the molecule is O=C(O)c1cccc(CCC(O)(O)O)c1. The first-order chi connectivity index (χ1) is 6.88. The lowest BCUT2D eigenvalue weighted by molar-refractivity contribution is -0.314. The monoisotopic (exact) mass is 212 g/mol. The van der Waals surface area contributed by atoms with E-state index >= 15 is 0 Å². The maximum Gasteiger partial charge on any atom is 0.335 e. The minimum absolute atomic E-state index is 0.131. The molecule has 0 aliphatic heterocycles. The van der Waals surface area contributed by atoms with E-state index in [-0.39, 0.29) is 18.4 Å². The lowest BCUT2D eigenvalue weighted by Gasteiger charge is -2.13. The molecule has 82 valence electrons. The van der Waals surface area contributed by atoms with E-state index in [0.29, 0.717) is 5.56 Å². The average molecular weight is 212 g/mol. The Labute approximate surface area is 86.2 Å². The molecule has 0 fully saturated rings. The van der Waals surface area contributed by atoms with Gasteiger partial charge in [0.25, 0.3) is 5.97 Å². The highest BCUT2D eigenvalue weighted by Gasteiger charge is 2.17. The molecule has 0 aliphatic rings. The summed E-state index contributed by atoms with van der Waals surface area (Å²) in [6, 6.07) is 6.08. The molecule has 1 rings (SSSR count). The van der Waals surface area contributed by atoms with Crippen LogP contribution in [-0.2, 0) is 6.42 Å². The van der Waals surface area contributed by atoms with Gasteiger partial charge in [-0.15, -0.1) is 0 Å². The summed E-state index contributed by atoms with van der Waals surface area (Å²) in [4.78, 5) is 10.6. The van der Waals surface area contributed by atoms with Crippen molar-refractivity contribution in [2.24, 2.45) is 0 Å². The van der Waals surface area contributed by atoms with Crippen LogP contribution in [0.2, 0.25) is 0 Å². The van der Waals surface area contributed by atoms with E-state index in [1.165, 1.54) is 12.1 Å². The third kappa shape index (κ3) is 4.07. The van der Waals surface area contributed by atoms with Gasteiger partial charge in [0, 0.05) is 6.42 Å². The molecule has 1 aromatic carbocycles. The van der Waals surface area contributed by atoms with Gasteiger partial charge in [-0.1, -0.05) is 12.1 Å². The zero-order chi connectivity index (χ0) is 11.5. The molecule has 0 amide bonds. The summed E-state index contributed by atoms with van der Waals surface area (Å²) < 4.78 is 0. The van der Waals surface area contributed by atoms with Crippen LogP contribution in [0.5, 0.6) is 0 Å². The van der Waals surface area contributed by atoms with Crippen molar-refractivity contribution in [3.8, 4) is 0 Å². The Kier molecular flexibility index (Phi) is 3.41. The summed E-state index contributed by atoms with van der Waals surface area (Å²) in [6.07, 6.45) is -0.0826. The van der Waals surface area contributed by atoms with Crippen LogP contribution in [0.3, 0.4) is 0 Å². The van der Waals surface area contributed by atoms with Crippen molar-refractivity contribution in [2.75, 3.05) is 0 Å². The number of hydrogen-bond acceptors (Lipinski definition) is 4. The van der Waals surface area contributed by atoms with Crippen molar-refractivity contribution >= 4 is 5.97 Å². The van der Waals surface area contributed by atoms with Crippen LogP contribution in [0, 0.1) is 0 Å². The highest BCUT2D eigenvalue weighted by atomic mass is 16.7. The zero-order valence-electron chi connectivity index (χ0n) is 7.92. The second-order valence-corrected chi connectivity index (χ2v) is 3.28. The molecule has 0 radical (unpaired) electrons. The number of carboxylic acid groups (broad SMARTS) is 1. The quantitative estimate of drug-likeness (QED) is 0.524. The van der Waals surface area contributed by atoms with Crippen molar-refractivity contribution in [3.05, 3.63) is 35.4 Å². The number of carbonyl (C=O) groups is 1. The molecule has 0 unspecified atom stereocenters. The van der Waals surface area contributed by atoms with Gasteiger partial charge in [0.1, 0.15) is 0 Å². The van der Waals surface area contributed by atoms with Gasteiger partial charge in [-0.05, 0) is 24.1 Å². The summed E-state index contributed by atoms with van der Waals surface area (Å²) in [5.41, 5.74) is 0.753. The van der Waals surface area contributed by atoms with Crippen LogP contribution in [0.25, 0.3) is 0 Å². The standard InChI is InChI=1S/C10H12O5/c11-9(12)8-3-1-2-7(6-8)4-5-10(13,14)15/h1-3,6,13-15H,4-5H2,(H,11,12). The van der Waals surface area contributed by atoms with Crippen LogP contribution < -0.4 is 0 Å². The second kappa shape index (κ2) is 4.39. The first-order valence-electron chi connectivity index (χ1n) is 4.38. The number of aliphatic hydroxyl groups is 3. The van der Waals surface area contributed by atoms with E-state index in [1.807, 2.05) is 0 Å². The highest BCUT2D eigenvalue weighted by molar-refractivity contribution is 5.87. The molecule has 4 N–H and O–H groups in total. The van der Waals surface area contributed by atoms with E-state index in [0.717, 1.165) is 0 Å². The topological polar surface area (TPSA) is 98.0 Å². The third-order valence-electron chi connectivity index (χ3n) is 1.92. The lowest BCUT2D eigenvalue weighted by atomic mass is 10.1. The van der Waals surface area contributed by atoms with Gasteiger partial charge < -0.3 is 20.4 Å². The van der Waals surface area contributed by atoms with Crippen molar-refractivity contribution < 1.29 is 25.2 Å². The zero-order valence-corrected chi connectivity index (χ0v) is 7.92. The Balaban J connectivity index is 2.70. The third-order valence-corrected chi connectivity index (χ3v) is 1.92. The van der Waals surface area contributed by atoms with Crippen LogP contribution in [0.15, 0.2) is 24.3 Å². The molecular formula is C10H12O5. The molecule has 0 aromatic heterocycles. The van der Waals surface area contributed by atoms with Gasteiger partial charge in [0.15, 0.2) is 0 Å². The number of rotatable bonds is 4. The molecule has 0 heterocycles. The van der Waals surface area contributed by atoms with Gasteiger partial charge in [-0.3, -0.25) is 0 Å². The largest absolute Gasteiger partial charge is 0.478 e. The minimum Gasteiger partial charge on any atom is -0.478 e. The Morgan fingerprint density at radius 1 is 1.27 bits per heavy atom. The summed E-state index contributed by atoms with van der Waals surface area (Å²) in [5, 5.41) is 34.6. The van der Waals surface area contributed by atoms with Crippen molar-refractivity contribution in [2.45, 2.75) is 18.8 Å². The van der Waals surface area contributed by atoms with Crippen LogP contribution >= 0.6 is 0 Å². The fourth-order valence-corrected chi connectivity index (χ4v) is 1.17. The Morgan fingerprint density at radius 3 is 2.47 bits per heavy atom. The van der Waals surface area contributed by atoms with Gasteiger partial charge in [-0.25, -0.2) is 4.79 Å². The number of carboxylic acids is 1. The maximum absolute atomic E-state index is 10.6. The summed E-state index contributed by atoms with van der Waals surface area (Å²) in [7, 11) is 0. The minimum atomic E-state index is -2.71. The molecule has 0 aliphatic carbocycles. The average Bonchev–Trinajstić information content (AvgIpc) is 2.14.